The van der Waals surface area contributed by atoms with Gasteiger partial charge in [-0.3, -0.25) is 4.79 Å². The van der Waals surface area contributed by atoms with Crippen LogP contribution in [0, 0.1) is 10.8 Å². The first-order chi connectivity index (χ1) is 13.8. The monoisotopic (exact) mass is 434 g/mol. The summed E-state index contributed by atoms with van der Waals surface area (Å²) in [6.45, 7) is -0.170. The topological polar surface area (TPSA) is 88.5 Å². The molecule has 29 heavy (non-hydrogen) atoms. The van der Waals surface area contributed by atoms with Crippen molar-refractivity contribution >= 4 is 40.8 Å². The van der Waals surface area contributed by atoms with Gasteiger partial charge in [0.05, 0.1) is 16.6 Å². The minimum absolute atomic E-state index is 0.0212. The number of carbonyl (C=O) groups excluding carboxylic acids is 2. The minimum atomic E-state index is -0.540. The van der Waals surface area contributed by atoms with E-state index >= 15 is 0 Å². The number of hydrogen-bond donors (Lipinski definition) is 2. The van der Waals surface area contributed by atoms with Crippen molar-refractivity contribution in [1.29, 1.82) is 5.41 Å². The average molecular weight is 435 g/mol. The van der Waals surface area contributed by atoms with Crippen LogP contribution in [0.25, 0.3) is 0 Å². The van der Waals surface area contributed by atoms with Gasteiger partial charge in [0.25, 0.3) is 0 Å². The number of fused-ring (bicyclic) bond motifs is 1. The molecule has 0 bridgehead atoms. The van der Waals surface area contributed by atoms with E-state index in [-0.39, 0.29) is 34.4 Å². The lowest BCUT2D eigenvalue weighted by Crippen LogP contribution is -2.33. The highest BCUT2D eigenvalue weighted by Gasteiger charge is 2.84. The van der Waals surface area contributed by atoms with Gasteiger partial charge < -0.3 is 20.2 Å². The third kappa shape index (κ3) is 4.33. The summed E-state index contributed by atoms with van der Waals surface area (Å²) in [4.78, 5) is 24.3. The third-order valence-electron chi connectivity index (χ3n) is 5.65. The van der Waals surface area contributed by atoms with Crippen molar-refractivity contribution in [3.8, 4) is 5.75 Å². The zero-order chi connectivity index (χ0) is 20.6. The summed E-state index contributed by atoms with van der Waals surface area (Å²) in [5, 5.41) is 11.5. The Bertz CT molecular complexity index is 917. The number of rotatable bonds is 8. The van der Waals surface area contributed by atoms with Gasteiger partial charge in [-0.05, 0) is 55.7 Å². The molecule has 1 atom stereocenters. The fraction of sp³-hybridized carbons (Fsp3) is 0.381. The lowest BCUT2D eigenvalue weighted by Gasteiger charge is -2.12. The van der Waals surface area contributed by atoms with E-state index in [2.05, 4.69) is 5.32 Å². The van der Waals surface area contributed by atoms with E-state index in [4.69, 9.17) is 38.1 Å². The number of ether oxygens (including phenoxy) is 2. The van der Waals surface area contributed by atoms with Gasteiger partial charge in [0.2, 0.25) is 5.78 Å². The number of ketones is 1. The van der Waals surface area contributed by atoms with Crippen LogP contribution in [0.5, 0.6) is 5.75 Å². The predicted molar refractivity (Wildman–Crippen MR) is 110 cm³/mol. The fourth-order valence-corrected chi connectivity index (χ4v) is 4.00. The van der Waals surface area contributed by atoms with Gasteiger partial charge in [0, 0.05) is 16.9 Å². The molecular weight excluding hydrogens is 415 g/mol. The summed E-state index contributed by atoms with van der Waals surface area (Å²) in [6.07, 6.45) is 7.31. The van der Waals surface area contributed by atoms with Crippen molar-refractivity contribution in [2.24, 2.45) is 5.41 Å². The molecule has 2 N–H and O–H groups in total. The second kappa shape index (κ2) is 7.50. The van der Waals surface area contributed by atoms with E-state index in [0.717, 1.165) is 12.8 Å². The molecule has 0 saturated heterocycles. The SMILES string of the molecule is N=C(CC12CC1(NC(=O)Oc1ccc(Cl)cc1)C2)C(=O)COC1=CCC(Cl)C=C1. The maximum Gasteiger partial charge on any atom is 0.413 e. The van der Waals surface area contributed by atoms with Gasteiger partial charge >= 0.3 is 6.09 Å². The molecule has 8 heteroatoms. The molecule has 0 aliphatic heterocycles. The first kappa shape index (κ1) is 20.0. The molecule has 152 valence electrons. The van der Waals surface area contributed by atoms with Crippen molar-refractivity contribution < 1.29 is 19.1 Å². The molecule has 1 aromatic carbocycles. The first-order valence-corrected chi connectivity index (χ1v) is 10.1. The van der Waals surface area contributed by atoms with Crippen LogP contribution in [-0.4, -0.2) is 35.1 Å². The lowest BCUT2D eigenvalue weighted by atomic mass is 10.0. The normalized spacial score (nSPS) is 28.6. The molecule has 2 saturated carbocycles. The first-order valence-electron chi connectivity index (χ1n) is 9.32. The Morgan fingerprint density at radius 2 is 1.97 bits per heavy atom. The molecule has 3 aliphatic carbocycles. The fourth-order valence-electron chi connectivity index (χ4n) is 3.72. The van der Waals surface area contributed by atoms with Crippen molar-refractivity contribution in [2.75, 3.05) is 6.61 Å². The Hall–Kier alpha value is -2.31. The molecule has 2 fully saturated rings. The number of amides is 1. The molecule has 4 rings (SSSR count). The largest absolute Gasteiger partial charge is 0.486 e. The van der Waals surface area contributed by atoms with Crippen LogP contribution in [0.3, 0.4) is 0 Å². The number of halogens is 2. The van der Waals surface area contributed by atoms with Crippen molar-refractivity contribution in [1.82, 2.24) is 5.32 Å². The smallest absolute Gasteiger partial charge is 0.413 e. The third-order valence-corrected chi connectivity index (χ3v) is 6.22. The van der Waals surface area contributed by atoms with E-state index in [0.29, 0.717) is 29.4 Å². The molecule has 3 aliphatic rings. The summed E-state index contributed by atoms with van der Waals surface area (Å²) in [5.74, 6) is 0.653. The molecule has 1 aromatic rings. The van der Waals surface area contributed by atoms with Crippen molar-refractivity contribution in [3.05, 3.63) is 53.3 Å². The summed E-state index contributed by atoms with van der Waals surface area (Å²) in [5.41, 5.74) is -0.532. The number of alkyl halides is 1. The maximum absolute atomic E-state index is 12.2. The zero-order valence-electron chi connectivity index (χ0n) is 15.5. The number of nitrogens with one attached hydrogen (secondary N) is 2. The Labute approximate surface area is 178 Å². The van der Waals surface area contributed by atoms with Crippen LogP contribution < -0.4 is 10.1 Å². The number of Topliss-reactive ketones (excluding diaryl/α,β-unsaturated/α-hetero) is 1. The standard InChI is InChI=1S/C21H20Cl2N2O4/c22-13-1-5-15(6-2-13)28-10-18(26)17(24)9-20-11-21(20,12-20)25-19(27)29-16-7-3-14(23)4-8-16/h1,3-8,13,24H,2,9-12H2,(H,25,27). The van der Waals surface area contributed by atoms with Crippen LogP contribution in [0.15, 0.2) is 48.3 Å². The highest BCUT2D eigenvalue weighted by atomic mass is 35.5. The van der Waals surface area contributed by atoms with Gasteiger partial charge in [0.1, 0.15) is 11.5 Å². The number of allylic oxidation sites excluding steroid dienone is 3. The van der Waals surface area contributed by atoms with Gasteiger partial charge in [0.15, 0.2) is 6.61 Å². The van der Waals surface area contributed by atoms with Crippen molar-refractivity contribution in [2.45, 2.75) is 36.6 Å². The van der Waals surface area contributed by atoms with Gasteiger partial charge in [-0.1, -0.05) is 17.7 Å². The molecule has 6 nitrogen and oxygen atoms in total. The molecule has 0 heterocycles. The van der Waals surface area contributed by atoms with Crippen LogP contribution >= 0.6 is 23.2 Å². The Morgan fingerprint density at radius 3 is 2.62 bits per heavy atom. The summed E-state index contributed by atoms with van der Waals surface area (Å²) < 4.78 is 10.7. The second-order valence-electron chi connectivity index (χ2n) is 7.77. The van der Waals surface area contributed by atoms with Gasteiger partial charge in [-0.2, -0.15) is 0 Å². The van der Waals surface area contributed by atoms with Crippen LogP contribution in [0.1, 0.15) is 25.7 Å². The second-order valence-corrected chi connectivity index (χ2v) is 8.77. The molecule has 1 amide bonds. The molecule has 0 radical (unpaired) electrons. The van der Waals surface area contributed by atoms with E-state index in [1.165, 1.54) is 0 Å². The summed E-state index contributed by atoms with van der Waals surface area (Å²) >= 11 is 11.8. The molecule has 0 aromatic heterocycles. The van der Waals surface area contributed by atoms with Crippen LogP contribution in [0.4, 0.5) is 4.79 Å². The molecule has 1 unspecified atom stereocenters. The number of carbonyl (C=O) groups is 2. The number of benzene rings is 1. The maximum atomic E-state index is 12.2. The summed E-state index contributed by atoms with van der Waals surface area (Å²) in [7, 11) is 0. The lowest BCUT2D eigenvalue weighted by molar-refractivity contribution is -0.116. The highest BCUT2D eigenvalue weighted by molar-refractivity contribution is 6.39. The van der Waals surface area contributed by atoms with Gasteiger partial charge in [-0.25, -0.2) is 4.79 Å². The predicted octanol–water partition coefficient (Wildman–Crippen LogP) is 4.41. The van der Waals surface area contributed by atoms with Crippen molar-refractivity contribution in [3.63, 3.8) is 0 Å². The Kier molecular flexibility index (Phi) is 5.17. The zero-order valence-corrected chi connectivity index (χ0v) is 17.1. The number of hydrogen-bond acceptors (Lipinski definition) is 5. The van der Waals surface area contributed by atoms with Crippen LogP contribution in [-0.2, 0) is 9.53 Å². The summed E-state index contributed by atoms with van der Waals surface area (Å²) in [6, 6.07) is 6.52. The van der Waals surface area contributed by atoms with E-state index < -0.39 is 6.09 Å². The van der Waals surface area contributed by atoms with E-state index in [1.54, 1.807) is 30.3 Å². The van der Waals surface area contributed by atoms with E-state index in [1.807, 2.05) is 12.2 Å². The minimum Gasteiger partial charge on any atom is -0.486 e. The van der Waals surface area contributed by atoms with Gasteiger partial charge in [-0.15, -0.1) is 11.6 Å². The highest BCUT2D eigenvalue weighted by Crippen LogP contribution is 2.80. The molecular formula is C21H20Cl2N2O4. The van der Waals surface area contributed by atoms with Crippen LogP contribution in [0.2, 0.25) is 5.02 Å². The molecule has 0 spiro atoms. The Morgan fingerprint density at radius 1 is 1.24 bits per heavy atom. The van der Waals surface area contributed by atoms with E-state index in [9.17, 15) is 9.59 Å². The quantitative estimate of drug-likeness (QED) is 0.468. The average Bonchev–Trinajstić information content (AvgIpc) is 3.47. The Balaban J connectivity index is 1.21.